The zero-order chi connectivity index (χ0) is 20.4. The average Bonchev–Trinajstić information content (AvgIpc) is 3.50. The Balaban J connectivity index is 1.48. The predicted molar refractivity (Wildman–Crippen MR) is 114 cm³/mol. The van der Waals surface area contributed by atoms with Crippen LogP contribution in [0.1, 0.15) is 48.4 Å². The first-order valence-corrected chi connectivity index (χ1v) is 10.5. The molecule has 1 fully saturated rings. The van der Waals surface area contributed by atoms with Crippen molar-refractivity contribution in [3.05, 3.63) is 47.3 Å². The van der Waals surface area contributed by atoms with Crippen LogP contribution in [0.25, 0.3) is 0 Å². The van der Waals surface area contributed by atoms with E-state index in [4.69, 9.17) is 9.84 Å². The molecule has 29 heavy (non-hydrogen) atoms. The summed E-state index contributed by atoms with van der Waals surface area (Å²) in [6, 6.07) is 8.47. The summed E-state index contributed by atoms with van der Waals surface area (Å²) in [6.07, 6.45) is 6.38. The first-order valence-electron chi connectivity index (χ1n) is 10.5. The van der Waals surface area contributed by atoms with E-state index in [1.54, 1.807) is 12.3 Å². The first-order chi connectivity index (χ1) is 14.0. The van der Waals surface area contributed by atoms with Crippen LogP contribution >= 0.6 is 0 Å². The lowest BCUT2D eigenvalue weighted by atomic mass is 9.82. The van der Waals surface area contributed by atoms with Gasteiger partial charge in [-0.2, -0.15) is 0 Å². The molecule has 2 aliphatic rings. The number of benzene rings is 1. The highest BCUT2D eigenvalue weighted by Crippen LogP contribution is 2.36. The number of nitrogens with one attached hydrogen (secondary N) is 1. The number of hydrogen-bond acceptors (Lipinski definition) is 5. The molecule has 1 aromatic heterocycles. The van der Waals surface area contributed by atoms with Crippen LogP contribution in [0.2, 0.25) is 0 Å². The van der Waals surface area contributed by atoms with Gasteiger partial charge in [0.25, 0.3) is 0 Å². The quantitative estimate of drug-likeness (QED) is 0.655. The summed E-state index contributed by atoms with van der Waals surface area (Å²) in [5.41, 5.74) is 5.53. The van der Waals surface area contributed by atoms with Crippen molar-refractivity contribution in [3.63, 3.8) is 0 Å². The maximum Gasteiger partial charge on any atom is 0.511 e. The fourth-order valence-corrected chi connectivity index (χ4v) is 4.31. The Hall–Kier alpha value is -2.76. The number of carboxylic acid groups (broad SMARTS) is 1. The van der Waals surface area contributed by atoms with E-state index < -0.39 is 6.16 Å². The van der Waals surface area contributed by atoms with E-state index in [-0.39, 0.29) is 0 Å². The highest BCUT2D eigenvalue weighted by molar-refractivity contribution is 5.68. The van der Waals surface area contributed by atoms with Gasteiger partial charge in [0.15, 0.2) is 5.75 Å². The van der Waals surface area contributed by atoms with Gasteiger partial charge < -0.3 is 20.1 Å². The number of anilines is 2. The molecule has 2 aliphatic carbocycles. The van der Waals surface area contributed by atoms with Crippen LogP contribution in [0, 0.1) is 12.8 Å². The number of carbonyl (C=O) groups is 1. The monoisotopic (exact) mass is 395 g/mol. The lowest BCUT2D eigenvalue weighted by molar-refractivity contribution is 0.144. The van der Waals surface area contributed by atoms with Crippen LogP contribution in [0.5, 0.6) is 5.75 Å². The number of hydrogen-bond donors (Lipinski definition) is 2. The fourth-order valence-electron chi connectivity index (χ4n) is 4.31. The summed E-state index contributed by atoms with van der Waals surface area (Å²) < 4.78 is 4.92. The Morgan fingerprint density at radius 3 is 2.90 bits per heavy atom. The van der Waals surface area contributed by atoms with Gasteiger partial charge in [0.05, 0.1) is 11.4 Å². The van der Waals surface area contributed by atoms with Crippen LogP contribution in [0.4, 0.5) is 16.2 Å². The molecule has 0 saturated heterocycles. The molecule has 2 N–H and O–H groups in total. The van der Waals surface area contributed by atoms with E-state index in [0.717, 1.165) is 37.5 Å². The minimum Gasteiger partial charge on any atom is -0.449 e. The predicted octanol–water partition coefficient (Wildman–Crippen LogP) is 4.83. The molecule has 1 heterocycles. The molecule has 1 saturated carbocycles. The molecular weight excluding hydrogens is 366 g/mol. The van der Waals surface area contributed by atoms with E-state index >= 15 is 0 Å². The number of aryl methyl sites for hydroxylation is 2. The molecule has 0 radical (unpaired) electrons. The molecule has 1 aromatic carbocycles. The minimum atomic E-state index is -1.32. The molecule has 0 bridgehead atoms. The van der Waals surface area contributed by atoms with Gasteiger partial charge in [-0.05, 0) is 68.2 Å². The molecule has 4 rings (SSSR count). The number of ether oxygens (including phenoxy) is 1. The third-order valence-corrected chi connectivity index (χ3v) is 6.06. The van der Waals surface area contributed by atoms with E-state index in [2.05, 4.69) is 40.4 Å². The van der Waals surface area contributed by atoms with Crippen LogP contribution in [-0.4, -0.2) is 36.4 Å². The standard InChI is InChI=1S/C23H29N3O3/c1-15-22(21(10-11-24-15)29-23(27)28)25-13-18-5-3-4-17-12-19(8-9-20(17)18)26(2)14-16-6-7-16/h8-12,16,18,25H,3-7,13-14H2,1-2H3,(H,27,28)/t18-/m0/s1. The van der Waals surface area contributed by atoms with Gasteiger partial charge in [-0.25, -0.2) is 4.79 Å². The SMILES string of the molecule is Cc1nccc(OC(=O)O)c1NC[C@@H]1CCCc2cc(N(C)CC3CC3)ccc21. The molecule has 6 heteroatoms. The van der Waals surface area contributed by atoms with Crippen molar-refractivity contribution in [1.82, 2.24) is 4.98 Å². The molecule has 0 aliphatic heterocycles. The highest BCUT2D eigenvalue weighted by Gasteiger charge is 2.25. The third-order valence-electron chi connectivity index (χ3n) is 6.06. The van der Waals surface area contributed by atoms with Crippen molar-refractivity contribution in [2.24, 2.45) is 5.92 Å². The third kappa shape index (κ3) is 4.63. The van der Waals surface area contributed by atoms with Gasteiger partial charge in [0.2, 0.25) is 0 Å². The summed E-state index contributed by atoms with van der Waals surface area (Å²) in [6.45, 7) is 3.73. The average molecular weight is 396 g/mol. The summed E-state index contributed by atoms with van der Waals surface area (Å²) in [4.78, 5) is 17.6. The zero-order valence-electron chi connectivity index (χ0n) is 17.1. The normalized spacial score (nSPS) is 18.1. The van der Waals surface area contributed by atoms with E-state index in [1.807, 2.05) is 6.92 Å². The van der Waals surface area contributed by atoms with Crippen LogP contribution < -0.4 is 15.0 Å². The number of fused-ring (bicyclic) bond motifs is 1. The van der Waals surface area contributed by atoms with Crippen LogP contribution in [0.15, 0.2) is 30.5 Å². The fraction of sp³-hybridized carbons (Fsp3) is 0.478. The Morgan fingerprint density at radius 2 is 2.14 bits per heavy atom. The van der Waals surface area contributed by atoms with Crippen molar-refractivity contribution in [2.75, 3.05) is 30.4 Å². The van der Waals surface area contributed by atoms with Crippen molar-refractivity contribution in [1.29, 1.82) is 0 Å². The number of aromatic nitrogens is 1. The van der Waals surface area contributed by atoms with Crippen LogP contribution in [0.3, 0.4) is 0 Å². The second kappa shape index (κ2) is 8.31. The molecule has 2 aromatic rings. The minimum absolute atomic E-state index is 0.304. The number of nitrogens with zero attached hydrogens (tertiary/aromatic N) is 2. The Morgan fingerprint density at radius 1 is 1.31 bits per heavy atom. The van der Waals surface area contributed by atoms with E-state index in [9.17, 15) is 4.79 Å². The van der Waals surface area contributed by atoms with Gasteiger partial charge >= 0.3 is 6.16 Å². The molecule has 154 valence electrons. The smallest absolute Gasteiger partial charge is 0.449 e. The number of rotatable bonds is 7. The maximum atomic E-state index is 11.0. The van der Waals surface area contributed by atoms with Crippen molar-refractivity contribution in [3.8, 4) is 5.75 Å². The molecule has 0 spiro atoms. The summed E-state index contributed by atoms with van der Waals surface area (Å²) in [5, 5.41) is 12.4. The highest BCUT2D eigenvalue weighted by atomic mass is 16.7. The van der Waals surface area contributed by atoms with E-state index in [1.165, 1.54) is 36.1 Å². The molecule has 0 amide bonds. The second-order valence-electron chi connectivity index (χ2n) is 8.31. The summed E-state index contributed by atoms with van der Waals surface area (Å²) in [7, 11) is 2.19. The first kappa shape index (κ1) is 19.6. The lowest BCUT2D eigenvalue weighted by Crippen LogP contribution is -2.22. The van der Waals surface area contributed by atoms with Gasteiger partial charge in [0.1, 0.15) is 0 Å². The summed E-state index contributed by atoms with van der Waals surface area (Å²) >= 11 is 0. The topological polar surface area (TPSA) is 74.7 Å². The maximum absolute atomic E-state index is 11.0. The Bertz CT molecular complexity index is 895. The molecule has 1 atom stereocenters. The summed E-state index contributed by atoms with van der Waals surface area (Å²) in [5.74, 6) is 1.56. The zero-order valence-corrected chi connectivity index (χ0v) is 17.1. The second-order valence-corrected chi connectivity index (χ2v) is 8.31. The van der Waals surface area contributed by atoms with Gasteiger partial charge in [-0.1, -0.05) is 6.07 Å². The van der Waals surface area contributed by atoms with Crippen molar-refractivity contribution in [2.45, 2.75) is 44.9 Å². The number of pyridine rings is 1. The van der Waals surface area contributed by atoms with Gasteiger partial charge in [-0.15, -0.1) is 0 Å². The van der Waals surface area contributed by atoms with Crippen molar-refractivity contribution >= 4 is 17.5 Å². The van der Waals surface area contributed by atoms with Crippen molar-refractivity contribution < 1.29 is 14.6 Å². The van der Waals surface area contributed by atoms with E-state index in [0.29, 0.717) is 17.4 Å². The molecule has 6 nitrogen and oxygen atoms in total. The largest absolute Gasteiger partial charge is 0.511 e. The molecular formula is C23H29N3O3. The van der Waals surface area contributed by atoms with Gasteiger partial charge in [-0.3, -0.25) is 4.98 Å². The molecule has 0 unspecified atom stereocenters. The van der Waals surface area contributed by atoms with Gasteiger partial charge in [0, 0.05) is 44.0 Å². The Labute approximate surface area is 171 Å². The lowest BCUT2D eigenvalue weighted by Gasteiger charge is -2.29. The van der Waals surface area contributed by atoms with Crippen LogP contribution in [-0.2, 0) is 6.42 Å². The Kier molecular flexibility index (Phi) is 5.60.